The van der Waals surface area contributed by atoms with E-state index in [0.717, 1.165) is 11.5 Å². The molecule has 0 saturated carbocycles. The zero-order valence-electron chi connectivity index (χ0n) is 7.12. The van der Waals surface area contributed by atoms with Gasteiger partial charge in [-0.15, -0.1) is 0 Å². The molecule has 1 heterocycles. The number of rotatable bonds is 2. The Bertz CT molecular complexity index is 247. The van der Waals surface area contributed by atoms with E-state index < -0.39 is 0 Å². The molecule has 0 N–H and O–H groups in total. The molecule has 1 aliphatic heterocycles. The van der Waals surface area contributed by atoms with Crippen molar-refractivity contribution in [1.82, 2.24) is 0 Å². The summed E-state index contributed by atoms with van der Waals surface area (Å²) in [6, 6.07) is 0. The number of allylic oxidation sites excluding steroid dienone is 5. The van der Waals surface area contributed by atoms with Crippen LogP contribution < -0.4 is 0 Å². The summed E-state index contributed by atoms with van der Waals surface area (Å²) in [5.41, 5.74) is 0. The van der Waals surface area contributed by atoms with Crippen molar-refractivity contribution in [3.8, 4) is 0 Å². The maximum Gasteiger partial charge on any atom is 0.231 e. The van der Waals surface area contributed by atoms with Crippen LogP contribution in [-0.2, 0) is 9.47 Å². The van der Waals surface area contributed by atoms with Gasteiger partial charge in [0.15, 0.2) is 11.5 Å². The van der Waals surface area contributed by atoms with Crippen molar-refractivity contribution in [3.63, 3.8) is 0 Å². The van der Waals surface area contributed by atoms with Crippen molar-refractivity contribution in [2.45, 2.75) is 6.92 Å². The molecule has 0 bridgehead atoms. The van der Waals surface area contributed by atoms with E-state index in [4.69, 9.17) is 9.47 Å². The highest BCUT2D eigenvalue weighted by Gasteiger charge is 2.13. The maximum atomic E-state index is 5.19. The molecular weight excluding hydrogens is 152 g/mol. The van der Waals surface area contributed by atoms with Gasteiger partial charge in [-0.25, -0.2) is 0 Å². The Morgan fingerprint density at radius 1 is 1.25 bits per heavy atom. The van der Waals surface area contributed by atoms with Gasteiger partial charge in [0.05, 0.1) is 0 Å². The fourth-order valence-corrected chi connectivity index (χ4v) is 0.850. The Hall–Kier alpha value is -1.44. The van der Waals surface area contributed by atoms with Crippen LogP contribution in [0.4, 0.5) is 0 Å². The van der Waals surface area contributed by atoms with Crippen LogP contribution in [-0.4, -0.2) is 6.79 Å². The molecule has 64 valence electrons. The van der Waals surface area contributed by atoms with Gasteiger partial charge in [-0.05, 0) is 19.1 Å². The normalized spacial score (nSPS) is 23.1. The monoisotopic (exact) mass is 164 g/mol. The predicted octanol–water partition coefficient (Wildman–Crippen LogP) is 2.52. The summed E-state index contributed by atoms with van der Waals surface area (Å²) in [7, 11) is 0. The number of hydrogen-bond acceptors (Lipinski definition) is 2. The van der Waals surface area contributed by atoms with Gasteiger partial charge < -0.3 is 9.47 Å². The second kappa shape index (κ2) is 4.44. The van der Waals surface area contributed by atoms with Crippen LogP contribution >= 0.6 is 0 Å². The van der Waals surface area contributed by atoms with E-state index in [0.29, 0.717) is 6.79 Å². The van der Waals surface area contributed by atoms with E-state index in [1.54, 1.807) is 12.2 Å². The van der Waals surface area contributed by atoms with Crippen LogP contribution in [0.25, 0.3) is 0 Å². The zero-order chi connectivity index (χ0) is 8.81. The zero-order valence-corrected chi connectivity index (χ0v) is 7.12. The van der Waals surface area contributed by atoms with Gasteiger partial charge in [-0.2, -0.15) is 0 Å². The molecular formula is C10H12O2. The lowest BCUT2D eigenvalue weighted by Gasteiger charge is -1.92. The molecule has 0 aliphatic carbocycles. The first-order valence-electron chi connectivity index (χ1n) is 3.80. The minimum Gasteiger partial charge on any atom is -0.454 e. The molecule has 0 amide bonds. The van der Waals surface area contributed by atoms with Crippen LogP contribution in [0.15, 0.2) is 48.5 Å². The minimum absolute atomic E-state index is 0.295. The molecule has 1 fully saturated rings. The Morgan fingerprint density at radius 3 is 2.50 bits per heavy atom. The van der Waals surface area contributed by atoms with Crippen molar-refractivity contribution >= 4 is 0 Å². The Morgan fingerprint density at radius 2 is 1.92 bits per heavy atom. The first-order chi connectivity index (χ1) is 5.88. The summed E-state index contributed by atoms with van der Waals surface area (Å²) in [5, 5.41) is 0. The molecule has 0 spiro atoms. The first-order valence-corrected chi connectivity index (χ1v) is 3.80. The fourth-order valence-electron chi connectivity index (χ4n) is 0.850. The highest BCUT2D eigenvalue weighted by atomic mass is 16.7. The lowest BCUT2D eigenvalue weighted by molar-refractivity contribution is 0.0977. The predicted molar refractivity (Wildman–Crippen MR) is 48.2 cm³/mol. The third-order valence-corrected chi connectivity index (χ3v) is 1.38. The van der Waals surface area contributed by atoms with Crippen molar-refractivity contribution in [3.05, 3.63) is 48.5 Å². The van der Waals surface area contributed by atoms with Gasteiger partial charge in [-0.3, -0.25) is 0 Å². The minimum atomic E-state index is 0.295. The highest BCUT2D eigenvalue weighted by Crippen LogP contribution is 2.20. The molecule has 0 radical (unpaired) electrons. The lowest BCUT2D eigenvalue weighted by Crippen LogP contribution is -1.79. The van der Waals surface area contributed by atoms with Crippen molar-refractivity contribution in [1.29, 1.82) is 0 Å². The van der Waals surface area contributed by atoms with E-state index >= 15 is 0 Å². The average molecular weight is 164 g/mol. The van der Waals surface area contributed by atoms with Crippen LogP contribution in [0.3, 0.4) is 0 Å². The maximum absolute atomic E-state index is 5.19. The Labute approximate surface area is 72.5 Å². The Balaban J connectivity index is 2.76. The fraction of sp³-hybridized carbons (Fsp3) is 0.200. The van der Waals surface area contributed by atoms with Crippen LogP contribution in [0, 0.1) is 0 Å². The van der Waals surface area contributed by atoms with Gasteiger partial charge >= 0.3 is 0 Å². The molecule has 12 heavy (non-hydrogen) atoms. The largest absolute Gasteiger partial charge is 0.454 e. The van der Waals surface area contributed by atoms with E-state index in [-0.39, 0.29) is 0 Å². The Kier molecular flexibility index (Phi) is 3.20. The van der Waals surface area contributed by atoms with Crippen LogP contribution in [0.2, 0.25) is 0 Å². The van der Waals surface area contributed by atoms with E-state index in [2.05, 4.69) is 6.58 Å². The molecule has 0 atom stereocenters. The summed E-state index contributed by atoms with van der Waals surface area (Å²) >= 11 is 0. The number of ether oxygens (including phenoxy) is 2. The van der Waals surface area contributed by atoms with Crippen molar-refractivity contribution in [2.24, 2.45) is 0 Å². The second-order valence-corrected chi connectivity index (χ2v) is 2.23. The molecule has 0 aromatic heterocycles. The summed E-state index contributed by atoms with van der Waals surface area (Å²) in [5.74, 6) is 1.50. The van der Waals surface area contributed by atoms with Crippen molar-refractivity contribution < 1.29 is 9.47 Å². The van der Waals surface area contributed by atoms with Crippen LogP contribution in [0.5, 0.6) is 0 Å². The van der Waals surface area contributed by atoms with Gasteiger partial charge in [0.1, 0.15) is 0 Å². The lowest BCUT2D eigenvalue weighted by atomic mass is 10.3. The third kappa shape index (κ3) is 2.02. The molecule has 2 heteroatoms. The standard InChI is InChI=1S/C10H12O2/c1-3-5-7-10-9(6-4-2)11-8-12-10/h3-7H,2,8H2,1H3/b5-3+,9-6+,10-7+. The molecule has 1 saturated heterocycles. The second-order valence-electron chi connectivity index (χ2n) is 2.23. The topological polar surface area (TPSA) is 18.5 Å². The molecule has 0 unspecified atom stereocenters. The van der Waals surface area contributed by atoms with Gasteiger partial charge in [-0.1, -0.05) is 24.8 Å². The van der Waals surface area contributed by atoms with Gasteiger partial charge in [0.25, 0.3) is 0 Å². The molecule has 1 rings (SSSR count). The molecule has 1 aliphatic rings. The molecule has 0 aromatic carbocycles. The quantitative estimate of drug-likeness (QED) is 0.624. The average Bonchev–Trinajstić information content (AvgIpc) is 2.50. The van der Waals surface area contributed by atoms with Crippen LogP contribution in [0.1, 0.15) is 6.92 Å². The van der Waals surface area contributed by atoms with Crippen molar-refractivity contribution in [2.75, 3.05) is 6.79 Å². The summed E-state index contributed by atoms with van der Waals surface area (Å²) in [4.78, 5) is 0. The van der Waals surface area contributed by atoms with E-state index in [9.17, 15) is 0 Å². The van der Waals surface area contributed by atoms with Gasteiger partial charge in [0.2, 0.25) is 6.79 Å². The summed E-state index contributed by atoms with van der Waals surface area (Å²) in [6.45, 7) is 5.82. The van der Waals surface area contributed by atoms with Gasteiger partial charge in [0, 0.05) is 0 Å². The first kappa shape index (κ1) is 8.65. The SMILES string of the molecule is C=C/C=C1/OCO/C1=C/C=C/C. The third-order valence-electron chi connectivity index (χ3n) is 1.38. The van der Waals surface area contributed by atoms with E-state index in [1.807, 2.05) is 25.2 Å². The summed E-state index contributed by atoms with van der Waals surface area (Å²) in [6.07, 6.45) is 9.15. The number of hydrogen-bond donors (Lipinski definition) is 0. The van der Waals surface area contributed by atoms with E-state index in [1.165, 1.54) is 0 Å². The smallest absolute Gasteiger partial charge is 0.231 e. The highest BCUT2D eigenvalue weighted by molar-refractivity contribution is 5.28. The molecule has 2 nitrogen and oxygen atoms in total. The molecule has 0 aromatic rings. The summed E-state index contributed by atoms with van der Waals surface area (Å²) < 4.78 is 10.4.